The van der Waals surface area contributed by atoms with Crippen molar-refractivity contribution in [3.05, 3.63) is 18.5 Å². The highest BCUT2D eigenvalue weighted by Crippen LogP contribution is 2.64. The Morgan fingerprint density at radius 3 is 2.71 bits per heavy atom. The van der Waals surface area contributed by atoms with Crippen molar-refractivity contribution in [2.24, 2.45) is 46.8 Å². The first-order valence-corrected chi connectivity index (χ1v) is 11.6. The van der Waals surface area contributed by atoms with E-state index in [4.69, 9.17) is 0 Å². The van der Waals surface area contributed by atoms with E-state index in [0.717, 1.165) is 32.1 Å². The van der Waals surface area contributed by atoms with Crippen molar-refractivity contribution in [1.29, 1.82) is 0 Å². The van der Waals surface area contributed by atoms with Crippen molar-refractivity contribution in [3.63, 3.8) is 0 Å². The van der Waals surface area contributed by atoms with Gasteiger partial charge in [0.25, 0.3) is 0 Å². The van der Waals surface area contributed by atoms with Crippen LogP contribution in [0.2, 0.25) is 0 Å². The van der Waals surface area contributed by atoms with Gasteiger partial charge < -0.3 is 0 Å². The van der Waals surface area contributed by atoms with Crippen LogP contribution in [-0.2, 0) is 11.3 Å². The summed E-state index contributed by atoms with van der Waals surface area (Å²) in [5.74, 6) is 3.83. The summed E-state index contributed by atoms with van der Waals surface area (Å²) in [6.45, 7) is 5.05. The number of halogens is 1. The lowest BCUT2D eigenvalue weighted by molar-refractivity contribution is -0.133. The summed E-state index contributed by atoms with van der Waals surface area (Å²) in [6, 6.07) is 1.88. The third-order valence-corrected chi connectivity index (χ3v) is 9.49. The van der Waals surface area contributed by atoms with E-state index < -0.39 is 6.17 Å². The molecule has 4 fully saturated rings. The second kappa shape index (κ2) is 6.95. The lowest BCUT2D eigenvalue weighted by Crippen LogP contribution is -2.52. The summed E-state index contributed by atoms with van der Waals surface area (Å²) in [5, 5.41) is 4.23. The maximum atomic E-state index is 15.3. The minimum absolute atomic E-state index is 0.0694. The fourth-order valence-corrected chi connectivity index (χ4v) is 8.21. The summed E-state index contributed by atoms with van der Waals surface area (Å²) >= 11 is 0. The molecule has 5 rings (SSSR count). The van der Waals surface area contributed by atoms with Crippen molar-refractivity contribution in [1.82, 2.24) is 9.78 Å². The number of hydrogen-bond donors (Lipinski definition) is 0. The van der Waals surface area contributed by atoms with Crippen LogP contribution in [0.3, 0.4) is 0 Å². The second-order valence-electron chi connectivity index (χ2n) is 10.8. The van der Waals surface area contributed by atoms with E-state index in [0.29, 0.717) is 47.8 Å². The molecule has 4 aliphatic rings. The van der Waals surface area contributed by atoms with Crippen LogP contribution in [0.1, 0.15) is 65.2 Å². The van der Waals surface area contributed by atoms with E-state index in [1.807, 2.05) is 12.3 Å². The average Bonchev–Trinajstić information content (AvgIpc) is 3.29. The predicted molar refractivity (Wildman–Crippen MR) is 107 cm³/mol. The molecule has 1 aromatic rings. The molecule has 0 amide bonds. The van der Waals surface area contributed by atoms with E-state index in [2.05, 4.69) is 18.9 Å². The Kier molecular flexibility index (Phi) is 4.67. The standard InChI is InChI=1S/C24H35FN2O/c1-15-4-5-16-17-8-9-24(2)20(18(17)13-22(25)19(16)12-15)6-7-21(24)23(28)14-27-11-3-10-26-27/h3,10-11,15-22H,4-9,12-14H2,1-2H3. The highest BCUT2D eigenvalue weighted by molar-refractivity contribution is 5.82. The van der Waals surface area contributed by atoms with Gasteiger partial charge >= 0.3 is 0 Å². The van der Waals surface area contributed by atoms with Gasteiger partial charge in [-0.05, 0) is 91.9 Å². The number of aromatic nitrogens is 2. The molecule has 28 heavy (non-hydrogen) atoms. The SMILES string of the molecule is CC1CCC2C(C1)C(F)CC1C2CCC2(C)C(C(=O)Cn3cccn3)CCC12. The molecule has 1 aromatic heterocycles. The van der Waals surface area contributed by atoms with Gasteiger partial charge in [0, 0.05) is 18.3 Å². The van der Waals surface area contributed by atoms with E-state index in [1.54, 1.807) is 10.9 Å². The molecule has 4 aliphatic carbocycles. The highest BCUT2D eigenvalue weighted by Gasteiger charge is 2.59. The van der Waals surface area contributed by atoms with Gasteiger partial charge in [0.15, 0.2) is 5.78 Å². The molecule has 4 heteroatoms. The molecule has 154 valence electrons. The molecular weight excluding hydrogens is 351 g/mol. The van der Waals surface area contributed by atoms with E-state index >= 15 is 4.39 Å². The molecule has 0 spiro atoms. The van der Waals surface area contributed by atoms with E-state index in [1.165, 1.54) is 19.3 Å². The zero-order chi connectivity index (χ0) is 19.5. The number of alkyl halides is 1. The number of ketones is 1. The Balaban J connectivity index is 1.35. The first-order chi connectivity index (χ1) is 13.5. The lowest BCUT2D eigenvalue weighted by atomic mass is 9.49. The largest absolute Gasteiger partial charge is 0.297 e. The Labute approximate surface area is 168 Å². The van der Waals surface area contributed by atoms with Crippen molar-refractivity contribution in [3.8, 4) is 0 Å². The highest BCUT2D eigenvalue weighted by atomic mass is 19.1. The van der Waals surface area contributed by atoms with Gasteiger partial charge in [0.05, 0.1) is 6.54 Å². The Bertz CT molecular complexity index is 718. The minimum atomic E-state index is -0.616. The van der Waals surface area contributed by atoms with E-state index in [-0.39, 0.29) is 11.3 Å². The quantitative estimate of drug-likeness (QED) is 0.706. The number of rotatable bonds is 3. The van der Waals surface area contributed by atoms with Gasteiger partial charge in [-0.1, -0.05) is 20.3 Å². The summed E-state index contributed by atoms with van der Waals surface area (Å²) in [5.41, 5.74) is 0.0694. The summed E-state index contributed by atoms with van der Waals surface area (Å²) in [6.07, 6.45) is 11.9. The fraction of sp³-hybridized carbons (Fsp3) is 0.833. The average molecular weight is 387 g/mol. The number of Topliss-reactive ketones (excluding diaryl/α,β-unsaturated/α-hetero) is 1. The topological polar surface area (TPSA) is 34.9 Å². The molecule has 0 aromatic carbocycles. The number of carbonyl (C=O) groups is 1. The van der Waals surface area contributed by atoms with Crippen LogP contribution in [0, 0.1) is 46.8 Å². The van der Waals surface area contributed by atoms with Crippen molar-refractivity contribution in [2.45, 2.75) is 77.9 Å². The Hall–Kier alpha value is -1.19. The van der Waals surface area contributed by atoms with Gasteiger partial charge in [-0.15, -0.1) is 0 Å². The smallest absolute Gasteiger partial charge is 0.157 e. The molecule has 0 N–H and O–H groups in total. The van der Waals surface area contributed by atoms with E-state index in [9.17, 15) is 4.79 Å². The molecule has 0 radical (unpaired) electrons. The molecule has 3 nitrogen and oxygen atoms in total. The number of nitrogens with zero attached hydrogens (tertiary/aromatic N) is 2. The zero-order valence-electron chi connectivity index (χ0n) is 17.4. The van der Waals surface area contributed by atoms with Crippen molar-refractivity contribution in [2.75, 3.05) is 0 Å². The Morgan fingerprint density at radius 2 is 1.93 bits per heavy atom. The van der Waals surface area contributed by atoms with Crippen LogP contribution in [0.5, 0.6) is 0 Å². The third-order valence-electron chi connectivity index (χ3n) is 9.49. The Morgan fingerprint density at radius 1 is 1.11 bits per heavy atom. The van der Waals surface area contributed by atoms with Gasteiger partial charge in [-0.2, -0.15) is 5.10 Å². The molecule has 0 aliphatic heterocycles. The summed E-state index contributed by atoms with van der Waals surface area (Å²) in [7, 11) is 0. The maximum absolute atomic E-state index is 15.3. The first-order valence-electron chi connectivity index (χ1n) is 11.6. The molecule has 9 unspecified atom stereocenters. The molecule has 0 bridgehead atoms. The molecule has 4 saturated carbocycles. The van der Waals surface area contributed by atoms with Crippen molar-refractivity contribution >= 4 is 5.78 Å². The van der Waals surface area contributed by atoms with Gasteiger partial charge in [-0.3, -0.25) is 9.48 Å². The summed E-state index contributed by atoms with van der Waals surface area (Å²) < 4.78 is 17.0. The molecular formula is C24H35FN2O. The fourth-order valence-electron chi connectivity index (χ4n) is 8.21. The summed E-state index contributed by atoms with van der Waals surface area (Å²) in [4.78, 5) is 13.1. The van der Waals surface area contributed by atoms with Crippen LogP contribution in [0.15, 0.2) is 18.5 Å². The molecule has 1 heterocycles. The molecule has 9 atom stereocenters. The minimum Gasteiger partial charge on any atom is -0.297 e. The van der Waals surface area contributed by atoms with Crippen molar-refractivity contribution < 1.29 is 9.18 Å². The van der Waals surface area contributed by atoms with Gasteiger partial charge in [0.2, 0.25) is 0 Å². The number of carbonyl (C=O) groups excluding carboxylic acids is 1. The molecule has 0 saturated heterocycles. The van der Waals surface area contributed by atoms with Gasteiger partial charge in [-0.25, -0.2) is 4.39 Å². The van der Waals surface area contributed by atoms with Crippen LogP contribution < -0.4 is 0 Å². The first kappa shape index (κ1) is 18.8. The number of fused-ring (bicyclic) bond motifs is 5. The lowest BCUT2D eigenvalue weighted by Gasteiger charge is -2.56. The number of hydrogen-bond acceptors (Lipinski definition) is 2. The van der Waals surface area contributed by atoms with Gasteiger partial charge in [0.1, 0.15) is 6.17 Å². The van der Waals surface area contributed by atoms with Crippen LogP contribution >= 0.6 is 0 Å². The maximum Gasteiger partial charge on any atom is 0.157 e. The normalized spacial score (nSPS) is 47.8. The zero-order valence-corrected chi connectivity index (χ0v) is 17.4. The third kappa shape index (κ3) is 2.89. The monoisotopic (exact) mass is 386 g/mol. The van der Waals surface area contributed by atoms with Crippen LogP contribution in [-0.4, -0.2) is 21.7 Å². The predicted octanol–water partition coefficient (Wildman–Crippen LogP) is 5.31. The van der Waals surface area contributed by atoms with Crippen LogP contribution in [0.25, 0.3) is 0 Å². The second-order valence-corrected chi connectivity index (χ2v) is 10.8. The van der Waals surface area contributed by atoms with Crippen LogP contribution in [0.4, 0.5) is 4.39 Å².